The molecule has 1 aromatic carbocycles. The summed E-state index contributed by atoms with van der Waals surface area (Å²) < 4.78 is 10.9. The third-order valence-corrected chi connectivity index (χ3v) is 4.17. The Labute approximate surface area is 146 Å². The van der Waals surface area contributed by atoms with Crippen molar-refractivity contribution in [2.75, 3.05) is 26.4 Å². The summed E-state index contributed by atoms with van der Waals surface area (Å²) in [5, 5.41) is 9.51. The molecule has 0 bridgehead atoms. The van der Waals surface area contributed by atoms with Crippen LogP contribution < -0.4 is 4.74 Å². The van der Waals surface area contributed by atoms with E-state index in [0.29, 0.717) is 24.0 Å². The van der Waals surface area contributed by atoms with Crippen LogP contribution in [0.3, 0.4) is 0 Å². The van der Waals surface area contributed by atoms with Crippen molar-refractivity contribution < 1.29 is 24.2 Å². The van der Waals surface area contributed by atoms with Crippen molar-refractivity contribution in [3.05, 3.63) is 29.3 Å². The van der Waals surface area contributed by atoms with Crippen molar-refractivity contribution in [3.63, 3.8) is 0 Å². The number of rotatable bonds is 8. The number of benzene rings is 1. The molecular formula is C17H22ClNO5. The highest BCUT2D eigenvalue weighted by Crippen LogP contribution is 2.18. The normalized spacial score (nSPS) is 15.0. The highest BCUT2D eigenvalue weighted by atomic mass is 35.5. The Morgan fingerprint density at radius 1 is 1.21 bits per heavy atom. The lowest BCUT2D eigenvalue weighted by atomic mass is 10.1. The Morgan fingerprint density at radius 3 is 2.50 bits per heavy atom. The molecule has 7 heteroatoms. The van der Waals surface area contributed by atoms with Gasteiger partial charge in [-0.3, -0.25) is 9.59 Å². The summed E-state index contributed by atoms with van der Waals surface area (Å²) in [5.74, 6) is -0.343. The molecule has 0 radical (unpaired) electrons. The molecule has 1 aliphatic rings. The van der Waals surface area contributed by atoms with Crippen LogP contribution in [-0.4, -0.2) is 54.3 Å². The minimum absolute atomic E-state index is 0.0427. The first-order valence-corrected chi connectivity index (χ1v) is 8.41. The van der Waals surface area contributed by atoms with E-state index in [0.717, 1.165) is 12.8 Å². The van der Waals surface area contributed by atoms with E-state index in [2.05, 4.69) is 0 Å². The van der Waals surface area contributed by atoms with Gasteiger partial charge in [-0.05, 0) is 37.1 Å². The van der Waals surface area contributed by atoms with Gasteiger partial charge >= 0.3 is 5.97 Å². The van der Waals surface area contributed by atoms with Gasteiger partial charge in [0.05, 0.1) is 19.4 Å². The van der Waals surface area contributed by atoms with Crippen LogP contribution in [0, 0.1) is 0 Å². The molecule has 6 nitrogen and oxygen atoms in total. The van der Waals surface area contributed by atoms with Crippen molar-refractivity contribution >= 4 is 23.5 Å². The molecule has 0 saturated carbocycles. The highest BCUT2D eigenvalue weighted by Gasteiger charge is 2.25. The number of hydrogen-bond donors (Lipinski definition) is 1. The van der Waals surface area contributed by atoms with Crippen LogP contribution in [0.2, 0.25) is 5.02 Å². The number of carboxylic acids is 1. The number of amides is 1. The molecule has 0 atom stereocenters. The Bertz CT molecular complexity index is 542. The first kappa shape index (κ1) is 18.5. The summed E-state index contributed by atoms with van der Waals surface area (Å²) >= 11 is 5.81. The summed E-state index contributed by atoms with van der Waals surface area (Å²) in [6, 6.07) is 6.97. The first-order chi connectivity index (χ1) is 11.6. The van der Waals surface area contributed by atoms with Gasteiger partial charge in [-0.2, -0.15) is 0 Å². The number of carbonyl (C=O) groups excluding carboxylic acids is 1. The van der Waals surface area contributed by atoms with Gasteiger partial charge in [-0.25, -0.2) is 0 Å². The van der Waals surface area contributed by atoms with E-state index in [1.165, 1.54) is 0 Å². The fourth-order valence-corrected chi connectivity index (χ4v) is 2.78. The van der Waals surface area contributed by atoms with Crippen LogP contribution in [0.5, 0.6) is 5.75 Å². The van der Waals surface area contributed by atoms with Crippen LogP contribution in [0.4, 0.5) is 0 Å². The molecule has 1 N–H and O–H groups in total. The second-order valence-electron chi connectivity index (χ2n) is 5.63. The van der Waals surface area contributed by atoms with Gasteiger partial charge in [0.2, 0.25) is 5.91 Å². The van der Waals surface area contributed by atoms with Crippen LogP contribution in [0.1, 0.15) is 25.7 Å². The molecule has 0 spiro atoms. The van der Waals surface area contributed by atoms with E-state index in [-0.39, 0.29) is 37.9 Å². The van der Waals surface area contributed by atoms with Crippen LogP contribution in [0.25, 0.3) is 0 Å². The number of ether oxygens (including phenoxy) is 2. The zero-order valence-electron chi connectivity index (χ0n) is 13.4. The van der Waals surface area contributed by atoms with E-state index in [1.807, 2.05) is 0 Å². The fourth-order valence-electron chi connectivity index (χ4n) is 2.65. The lowest BCUT2D eigenvalue weighted by Gasteiger charge is -2.34. The van der Waals surface area contributed by atoms with E-state index in [4.69, 9.17) is 26.2 Å². The standard InChI is InChI=1S/C17H22ClNO5/c18-13-1-3-15(4-2-13)24-12-8-16(20)19(9-5-17(21)22)14-6-10-23-11-7-14/h1-4,14H,5-12H2,(H,21,22). The third-order valence-electron chi connectivity index (χ3n) is 3.92. The minimum atomic E-state index is -0.905. The molecule has 0 aromatic heterocycles. The number of hydrogen-bond acceptors (Lipinski definition) is 4. The van der Waals surface area contributed by atoms with Crippen molar-refractivity contribution in [3.8, 4) is 5.75 Å². The Morgan fingerprint density at radius 2 is 1.88 bits per heavy atom. The van der Waals surface area contributed by atoms with E-state index in [1.54, 1.807) is 29.2 Å². The lowest BCUT2D eigenvalue weighted by molar-refractivity contribution is -0.140. The minimum Gasteiger partial charge on any atom is -0.493 e. The highest BCUT2D eigenvalue weighted by molar-refractivity contribution is 6.30. The van der Waals surface area contributed by atoms with Gasteiger partial charge in [0.15, 0.2) is 0 Å². The Kier molecular flexibility index (Phi) is 7.34. The van der Waals surface area contributed by atoms with Gasteiger partial charge < -0.3 is 19.5 Å². The van der Waals surface area contributed by atoms with Crippen LogP contribution >= 0.6 is 11.6 Å². The smallest absolute Gasteiger partial charge is 0.305 e. The van der Waals surface area contributed by atoms with Gasteiger partial charge in [0.25, 0.3) is 0 Å². The van der Waals surface area contributed by atoms with Crippen LogP contribution in [0.15, 0.2) is 24.3 Å². The third kappa shape index (κ3) is 6.02. The molecule has 1 aromatic rings. The number of aliphatic carboxylic acids is 1. The molecule has 1 saturated heterocycles. The summed E-state index contributed by atoms with van der Waals surface area (Å²) in [6.45, 7) is 1.67. The predicted molar refractivity (Wildman–Crippen MR) is 89.4 cm³/mol. The molecule has 1 heterocycles. The molecule has 1 fully saturated rings. The average molecular weight is 356 g/mol. The van der Waals surface area contributed by atoms with Gasteiger partial charge in [0.1, 0.15) is 5.75 Å². The number of nitrogens with zero attached hydrogens (tertiary/aromatic N) is 1. The SMILES string of the molecule is O=C(O)CCN(C(=O)CCOc1ccc(Cl)cc1)C1CCOCC1. The van der Waals surface area contributed by atoms with E-state index in [9.17, 15) is 9.59 Å². The summed E-state index contributed by atoms with van der Waals surface area (Å²) in [4.78, 5) is 25.0. The summed E-state index contributed by atoms with van der Waals surface area (Å²) in [6.07, 6.45) is 1.63. The number of carboxylic acid groups (broad SMARTS) is 1. The maximum atomic E-state index is 12.5. The largest absolute Gasteiger partial charge is 0.493 e. The molecule has 2 rings (SSSR count). The predicted octanol–water partition coefficient (Wildman–Crippen LogP) is 2.59. The Hall–Kier alpha value is -1.79. The molecule has 1 amide bonds. The lowest BCUT2D eigenvalue weighted by Crippen LogP contribution is -2.44. The fraction of sp³-hybridized carbons (Fsp3) is 0.529. The monoisotopic (exact) mass is 355 g/mol. The van der Waals surface area contributed by atoms with Crippen molar-refractivity contribution in [1.29, 1.82) is 0 Å². The first-order valence-electron chi connectivity index (χ1n) is 8.03. The molecule has 0 unspecified atom stereocenters. The molecular weight excluding hydrogens is 334 g/mol. The van der Waals surface area contributed by atoms with Gasteiger partial charge in [-0.1, -0.05) is 11.6 Å². The second kappa shape index (κ2) is 9.49. The van der Waals surface area contributed by atoms with Crippen molar-refractivity contribution in [2.45, 2.75) is 31.7 Å². The zero-order chi connectivity index (χ0) is 17.4. The molecule has 24 heavy (non-hydrogen) atoms. The van der Waals surface area contributed by atoms with Crippen molar-refractivity contribution in [2.24, 2.45) is 0 Å². The quantitative estimate of drug-likeness (QED) is 0.775. The average Bonchev–Trinajstić information content (AvgIpc) is 2.57. The summed E-state index contributed by atoms with van der Waals surface area (Å²) in [5.41, 5.74) is 0. The molecule has 1 aliphatic heterocycles. The molecule has 0 aliphatic carbocycles. The van der Waals surface area contributed by atoms with Gasteiger partial charge in [0, 0.05) is 30.8 Å². The van der Waals surface area contributed by atoms with Gasteiger partial charge in [-0.15, -0.1) is 0 Å². The van der Waals surface area contributed by atoms with Crippen molar-refractivity contribution in [1.82, 2.24) is 4.90 Å². The number of halogens is 1. The second-order valence-corrected chi connectivity index (χ2v) is 6.06. The topological polar surface area (TPSA) is 76.1 Å². The maximum absolute atomic E-state index is 12.5. The van der Waals surface area contributed by atoms with E-state index < -0.39 is 5.97 Å². The maximum Gasteiger partial charge on any atom is 0.305 e. The summed E-state index contributed by atoms with van der Waals surface area (Å²) in [7, 11) is 0. The number of carbonyl (C=O) groups is 2. The Balaban J connectivity index is 1.85. The van der Waals surface area contributed by atoms with Crippen LogP contribution in [-0.2, 0) is 14.3 Å². The van der Waals surface area contributed by atoms with E-state index >= 15 is 0 Å². The zero-order valence-corrected chi connectivity index (χ0v) is 14.2. The molecule has 132 valence electrons.